The van der Waals surface area contributed by atoms with Gasteiger partial charge in [-0.2, -0.15) is 0 Å². The molecular formula is C28H25NO3. The molecule has 0 aliphatic carbocycles. The van der Waals surface area contributed by atoms with Crippen molar-refractivity contribution in [2.45, 2.75) is 6.10 Å². The van der Waals surface area contributed by atoms with Gasteiger partial charge in [0.2, 0.25) is 0 Å². The van der Waals surface area contributed by atoms with Gasteiger partial charge in [-0.3, -0.25) is 4.79 Å². The normalized spacial score (nSPS) is 16.3. The van der Waals surface area contributed by atoms with E-state index in [-0.39, 0.29) is 12.0 Å². The van der Waals surface area contributed by atoms with E-state index in [2.05, 4.69) is 5.92 Å². The van der Waals surface area contributed by atoms with Crippen molar-refractivity contribution in [3.05, 3.63) is 102 Å². The van der Waals surface area contributed by atoms with Crippen molar-refractivity contribution >= 4 is 17.6 Å². The molecule has 1 amide bonds. The minimum absolute atomic E-state index is 0.0114. The number of hydrogen-bond donors (Lipinski definition) is 0. The maximum Gasteiger partial charge on any atom is 0.254 e. The largest absolute Gasteiger partial charge is 0.491 e. The van der Waals surface area contributed by atoms with Gasteiger partial charge in [0, 0.05) is 17.7 Å². The molecule has 32 heavy (non-hydrogen) atoms. The molecule has 3 aromatic rings. The highest BCUT2D eigenvalue weighted by Gasteiger charge is 2.27. The van der Waals surface area contributed by atoms with Crippen LogP contribution in [0.5, 0.6) is 5.75 Å². The molecule has 160 valence electrons. The van der Waals surface area contributed by atoms with Gasteiger partial charge in [0.1, 0.15) is 18.5 Å². The Balaban J connectivity index is 1.48. The van der Waals surface area contributed by atoms with Gasteiger partial charge >= 0.3 is 0 Å². The van der Waals surface area contributed by atoms with Crippen molar-refractivity contribution in [1.82, 2.24) is 4.90 Å². The third-order valence-electron chi connectivity index (χ3n) is 5.29. The lowest BCUT2D eigenvalue weighted by Crippen LogP contribution is -2.47. The van der Waals surface area contributed by atoms with Gasteiger partial charge in [0.15, 0.2) is 0 Å². The molecule has 0 radical (unpaired) electrons. The predicted octanol–water partition coefficient (Wildman–Crippen LogP) is 4.51. The maximum atomic E-state index is 13.5. The summed E-state index contributed by atoms with van der Waals surface area (Å²) in [4.78, 5) is 15.4. The van der Waals surface area contributed by atoms with Crippen LogP contribution >= 0.6 is 0 Å². The number of hydrogen-bond acceptors (Lipinski definition) is 3. The van der Waals surface area contributed by atoms with E-state index in [9.17, 15) is 4.79 Å². The van der Waals surface area contributed by atoms with Crippen LogP contribution in [0.4, 0.5) is 0 Å². The molecule has 0 bridgehead atoms. The molecule has 4 heteroatoms. The van der Waals surface area contributed by atoms with Crippen LogP contribution in [0.1, 0.15) is 16.7 Å². The number of carbonyl (C=O) groups excluding carboxylic acids is 1. The second-order valence-corrected chi connectivity index (χ2v) is 7.56. The average molecular weight is 424 g/mol. The van der Waals surface area contributed by atoms with Gasteiger partial charge in [-0.05, 0) is 35.4 Å². The minimum Gasteiger partial charge on any atom is -0.491 e. The highest BCUT2D eigenvalue weighted by molar-refractivity contribution is 6.24. The van der Waals surface area contributed by atoms with Gasteiger partial charge in [-0.1, -0.05) is 72.7 Å². The molecule has 1 atom stereocenters. The minimum atomic E-state index is -0.212. The van der Waals surface area contributed by atoms with Gasteiger partial charge in [0.05, 0.1) is 13.2 Å². The zero-order valence-electron chi connectivity index (χ0n) is 17.8. The third kappa shape index (κ3) is 5.46. The van der Waals surface area contributed by atoms with E-state index in [1.165, 1.54) is 0 Å². The number of nitrogens with zero attached hydrogens (tertiary/aromatic N) is 1. The van der Waals surface area contributed by atoms with Crippen LogP contribution in [0.15, 0.2) is 84.9 Å². The van der Waals surface area contributed by atoms with E-state index >= 15 is 0 Å². The fraction of sp³-hybridized carbons (Fsp3) is 0.179. The van der Waals surface area contributed by atoms with Crippen molar-refractivity contribution in [3.8, 4) is 18.1 Å². The Labute approximate surface area is 189 Å². The van der Waals surface area contributed by atoms with Crippen LogP contribution in [0.25, 0.3) is 11.6 Å². The number of carbonyl (C=O) groups is 1. The Kier molecular flexibility index (Phi) is 7.01. The summed E-state index contributed by atoms with van der Waals surface area (Å²) in [6.45, 7) is 1.83. The number of morpholine rings is 1. The number of benzene rings is 3. The summed E-state index contributed by atoms with van der Waals surface area (Å²) in [7, 11) is 0. The first-order valence-electron chi connectivity index (χ1n) is 10.7. The average Bonchev–Trinajstić information content (AvgIpc) is 2.87. The summed E-state index contributed by atoms with van der Waals surface area (Å²) >= 11 is 0. The first-order chi connectivity index (χ1) is 15.7. The van der Waals surface area contributed by atoms with E-state index in [1.807, 2.05) is 95.9 Å². The maximum absolute atomic E-state index is 13.5. The summed E-state index contributed by atoms with van der Waals surface area (Å²) in [5.74, 6) is 3.29. The van der Waals surface area contributed by atoms with Crippen LogP contribution in [0.3, 0.4) is 0 Å². The molecule has 1 saturated heterocycles. The quantitative estimate of drug-likeness (QED) is 0.333. The number of terminal acetylenes is 1. The van der Waals surface area contributed by atoms with Crippen molar-refractivity contribution in [3.63, 3.8) is 0 Å². The van der Waals surface area contributed by atoms with E-state index in [4.69, 9.17) is 15.9 Å². The zero-order chi connectivity index (χ0) is 22.2. The molecule has 1 aliphatic heterocycles. The molecule has 3 aromatic carbocycles. The van der Waals surface area contributed by atoms with Gasteiger partial charge < -0.3 is 14.4 Å². The Bertz CT molecular complexity index is 1120. The summed E-state index contributed by atoms with van der Waals surface area (Å²) < 4.78 is 11.7. The lowest BCUT2D eigenvalue weighted by atomic mass is 10.0. The highest BCUT2D eigenvalue weighted by atomic mass is 16.5. The summed E-state index contributed by atoms with van der Waals surface area (Å²) in [5, 5.41) is 0. The molecule has 1 unspecified atom stereocenters. The van der Waals surface area contributed by atoms with Crippen molar-refractivity contribution in [2.75, 3.05) is 26.3 Å². The third-order valence-corrected chi connectivity index (χ3v) is 5.29. The Hall–Kier alpha value is -3.81. The lowest BCUT2D eigenvalue weighted by Gasteiger charge is -2.33. The van der Waals surface area contributed by atoms with Crippen molar-refractivity contribution in [1.29, 1.82) is 0 Å². The Morgan fingerprint density at radius 1 is 1.06 bits per heavy atom. The SMILES string of the molecule is C#Cc1cccc(OCC2CN(C(=O)C(=Cc3ccccc3)c3ccccc3)CCO2)c1. The number of ether oxygens (including phenoxy) is 2. The zero-order valence-corrected chi connectivity index (χ0v) is 17.8. The second kappa shape index (κ2) is 10.5. The number of rotatable bonds is 6. The van der Waals surface area contributed by atoms with E-state index < -0.39 is 0 Å². The van der Waals surface area contributed by atoms with Gasteiger partial charge in [0.25, 0.3) is 5.91 Å². The van der Waals surface area contributed by atoms with Crippen LogP contribution < -0.4 is 4.74 Å². The Morgan fingerprint density at radius 2 is 1.81 bits per heavy atom. The molecule has 4 rings (SSSR count). The molecule has 0 spiro atoms. The molecule has 1 aliphatic rings. The Morgan fingerprint density at radius 3 is 2.56 bits per heavy atom. The molecule has 0 aromatic heterocycles. The van der Waals surface area contributed by atoms with E-state index in [0.29, 0.717) is 37.6 Å². The fourth-order valence-electron chi connectivity index (χ4n) is 3.64. The summed E-state index contributed by atoms with van der Waals surface area (Å²) in [6.07, 6.45) is 7.20. The van der Waals surface area contributed by atoms with E-state index in [0.717, 1.165) is 16.7 Å². The summed E-state index contributed by atoms with van der Waals surface area (Å²) in [5.41, 5.74) is 3.32. The van der Waals surface area contributed by atoms with Crippen LogP contribution in [-0.2, 0) is 9.53 Å². The summed E-state index contributed by atoms with van der Waals surface area (Å²) in [6, 6.07) is 27.1. The van der Waals surface area contributed by atoms with E-state index in [1.54, 1.807) is 0 Å². The topological polar surface area (TPSA) is 38.8 Å². The standard InChI is InChI=1S/C28H25NO3/c1-2-22-12-9-15-25(18-22)32-21-26-20-29(16-17-31-26)28(30)27(24-13-7-4-8-14-24)19-23-10-5-3-6-11-23/h1,3-15,18-19,26H,16-17,20-21H2. The highest BCUT2D eigenvalue weighted by Crippen LogP contribution is 2.23. The van der Waals surface area contributed by atoms with Crippen molar-refractivity contribution in [2.24, 2.45) is 0 Å². The first kappa shape index (κ1) is 21.4. The number of amides is 1. The molecule has 1 fully saturated rings. The van der Waals surface area contributed by atoms with Crippen LogP contribution in [-0.4, -0.2) is 43.2 Å². The van der Waals surface area contributed by atoms with Crippen molar-refractivity contribution < 1.29 is 14.3 Å². The molecule has 1 heterocycles. The second-order valence-electron chi connectivity index (χ2n) is 7.56. The molecular weight excluding hydrogens is 398 g/mol. The smallest absolute Gasteiger partial charge is 0.254 e. The first-order valence-corrected chi connectivity index (χ1v) is 10.7. The predicted molar refractivity (Wildman–Crippen MR) is 127 cm³/mol. The van der Waals surface area contributed by atoms with Crippen LogP contribution in [0.2, 0.25) is 0 Å². The molecule has 4 nitrogen and oxygen atoms in total. The van der Waals surface area contributed by atoms with Gasteiger partial charge in [-0.25, -0.2) is 0 Å². The molecule has 0 N–H and O–H groups in total. The fourth-order valence-corrected chi connectivity index (χ4v) is 3.64. The lowest BCUT2D eigenvalue weighted by molar-refractivity contribution is -0.133. The van der Waals surface area contributed by atoms with Crippen LogP contribution in [0, 0.1) is 12.3 Å². The van der Waals surface area contributed by atoms with Gasteiger partial charge in [-0.15, -0.1) is 6.42 Å². The monoisotopic (exact) mass is 423 g/mol. The molecule has 0 saturated carbocycles.